The Hall–Kier alpha value is -1.85. The summed E-state index contributed by atoms with van der Waals surface area (Å²) in [6.45, 7) is 6.10. The third-order valence-corrected chi connectivity index (χ3v) is 2.32. The van der Waals surface area contributed by atoms with Crippen LogP contribution in [0.3, 0.4) is 0 Å². The average Bonchev–Trinajstić information content (AvgIpc) is 2.86. The topological polar surface area (TPSA) is 60.2 Å². The van der Waals surface area contributed by atoms with E-state index in [-0.39, 0.29) is 12.1 Å². The van der Waals surface area contributed by atoms with Gasteiger partial charge in [0.2, 0.25) is 0 Å². The summed E-state index contributed by atoms with van der Waals surface area (Å²) in [6.07, 6.45) is 6.59. The van der Waals surface area contributed by atoms with Gasteiger partial charge in [-0.25, -0.2) is 4.79 Å². The number of aromatic nitrogens is 3. The molecule has 6 nitrogen and oxygen atoms in total. The fourth-order valence-electron chi connectivity index (χ4n) is 1.56. The van der Waals surface area contributed by atoms with Crippen molar-refractivity contribution in [2.45, 2.75) is 32.4 Å². The zero-order valence-electron chi connectivity index (χ0n) is 10.2. The van der Waals surface area contributed by atoms with E-state index in [0.717, 1.165) is 0 Å². The molecule has 6 heteroatoms. The molecular formula is C11H16N4O2. The van der Waals surface area contributed by atoms with Crippen LogP contribution >= 0.6 is 0 Å². The highest BCUT2D eigenvalue weighted by atomic mass is 16.6. The van der Waals surface area contributed by atoms with Crippen LogP contribution in [0.2, 0.25) is 0 Å². The first kappa shape index (κ1) is 11.6. The Bertz CT molecular complexity index is 419. The van der Waals surface area contributed by atoms with E-state index in [4.69, 9.17) is 4.74 Å². The molecule has 1 aliphatic rings. The molecular weight excluding hydrogens is 220 g/mol. The smallest absolute Gasteiger partial charge is 0.414 e. The number of rotatable bonds is 1. The molecule has 1 aromatic rings. The maximum Gasteiger partial charge on any atom is 0.414 e. The minimum atomic E-state index is -0.473. The van der Waals surface area contributed by atoms with Crippen molar-refractivity contribution in [1.82, 2.24) is 19.7 Å². The maximum atomic E-state index is 11.8. The third kappa shape index (κ3) is 2.83. The first-order valence-electron chi connectivity index (χ1n) is 5.48. The minimum Gasteiger partial charge on any atom is -0.443 e. The molecule has 0 aromatic carbocycles. The SMILES string of the molecule is CC(C)(C)OC(=O)N1C=CC(n2cnnc2)C1. The van der Waals surface area contributed by atoms with Crippen LogP contribution in [0.4, 0.5) is 4.79 Å². The Balaban J connectivity index is 1.95. The molecule has 1 aromatic heterocycles. The van der Waals surface area contributed by atoms with Crippen LogP contribution < -0.4 is 0 Å². The first-order chi connectivity index (χ1) is 7.96. The zero-order valence-corrected chi connectivity index (χ0v) is 10.2. The van der Waals surface area contributed by atoms with E-state index in [1.54, 1.807) is 23.8 Å². The Labute approximate surface area is 99.9 Å². The molecule has 1 atom stereocenters. The van der Waals surface area contributed by atoms with Crippen molar-refractivity contribution < 1.29 is 9.53 Å². The Morgan fingerprint density at radius 3 is 2.59 bits per heavy atom. The highest BCUT2D eigenvalue weighted by Gasteiger charge is 2.26. The van der Waals surface area contributed by atoms with Crippen molar-refractivity contribution in [3.05, 3.63) is 24.9 Å². The fourth-order valence-corrected chi connectivity index (χ4v) is 1.56. The molecule has 0 saturated carbocycles. The molecule has 1 aliphatic heterocycles. The normalized spacial score (nSPS) is 19.7. The highest BCUT2D eigenvalue weighted by molar-refractivity contribution is 5.70. The summed E-state index contributed by atoms with van der Waals surface area (Å²) in [5.41, 5.74) is -0.473. The van der Waals surface area contributed by atoms with Crippen molar-refractivity contribution in [3.63, 3.8) is 0 Å². The molecule has 0 bridgehead atoms. The number of nitrogens with zero attached hydrogens (tertiary/aromatic N) is 4. The van der Waals surface area contributed by atoms with Gasteiger partial charge < -0.3 is 9.30 Å². The fraction of sp³-hybridized carbons (Fsp3) is 0.545. The maximum absolute atomic E-state index is 11.8. The van der Waals surface area contributed by atoms with Crippen LogP contribution in [0.25, 0.3) is 0 Å². The third-order valence-electron chi connectivity index (χ3n) is 2.32. The number of carbonyl (C=O) groups is 1. The van der Waals surface area contributed by atoms with E-state index in [2.05, 4.69) is 10.2 Å². The van der Waals surface area contributed by atoms with Crippen LogP contribution in [-0.4, -0.2) is 37.9 Å². The second kappa shape index (κ2) is 4.20. The number of carbonyl (C=O) groups excluding carboxylic acids is 1. The summed E-state index contributed by atoms with van der Waals surface area (Å²) >= 11 is 0. The molecule has 0 fully saturated rings. The van der Waals surface area contributed by atoms with Gasteiger partial charge in [0.15, 0.2) is 0 Å². The molecule has 2 rings (SSSR count). The quantitative estimate of drug-likeness (QED) is 0.742. The lowest BCUT2D eigenvalue weighted by atomic mass is 10.2. The van der Waals surface area contributed by atoms with Gasteiger partial charge >= 0.3 is 6.09 Å². The van der Waals surface area contributed by atoms with Crippen LogP contribution in [-0.2, 0) is 4.74 Å². The van der Waals surface area contributed by atoms with Gasteiger partial charge in [-0.15, -0.1) is 10.2 Å². The largest absolute Gasteiger partial charge is 0.443 e. The zero-order chi connectivity index (χ0) is 12.5. The van der Waals surface area contributed by atoms with Gasteiger partial charge in [-0.2, -0.15) is 0 Å². The van der Waals surface area contributed by atoms with Crippen LogP contribution in [0.5, 0.6) is 0 Å². The molecule has 1 unspecified atom stereocenters. The molecule has 0 radical (unpaired) electrons. The van der Waals surface area contributed by atoms with Crippen molar-refractivity contribution in [1.29, 1.82) is 0 Å². The molecule has 2 heterocycles. The molecule has 1 amide bonds. The summed E-state index contributed by atoms with van der Waals surface area (Å²) in [5.74, 6) is 0. The standard InChI is InChI=1S/C11H16N4O2/c1-11(2,3)17-10(16)14-5-4-9(6-14)15-7-12-13-8-15/h4-5,7-9H,6H2,1-3H3. The van der Waals surface area contributed by atoms with Crippen LogP contribution in [0.15, 0.2) is 24.9 Å². The number of hydrogen-bond acceptors (Lipinski definition) is 4. The summed E-state index contributed by atoms with van der Waals surface area (Å²) in [5, 5.41) is 7.48. The van der Waals surface area contributed by atoms with E-state index < -0.39 is 5.60 Å². The highest BCUT2D eigenvalue weighted by Crippen LogP contribution is 2.19. The molecule has 17 heavy (non-hydrogen) atoms. The van der Waals surface area contributed by atoms with E-state index >= 15 is 0 Å². The van der Waals surface area contributed by atoms with Gasteiger partial charge in [0.25, 0.3) is 0 Å². The predicted octanol–water partition coefficient (Wildman–Crippen LogP) is 1.58. The van der Waals surface area contributed by atoms with Crippen LogP contribution in [0.1, 0.15) is 26.8 Å². The number of ether oxygens (including phenoxy) is 1. The van der Waals surface area contributed by atoms with Crippen LogP contribution in [0, 0.1) is 0 Å². The lowest BCUT2D eigenvalue weighted by Crippen LogP contribution is -2.33. The minimum absolute atomic E-state index is 0.0810. The number of amides is 1. The van der Waals surface area contributed by atoms with Gasteiger partial charge in [0.1, 0.15) is 18.3 Å². The molecule has 92 valence electrons. The van der Waals surface area contributed by atoms with Crippen molar-refractivity contribution >= 4 is 6.09 Å². The van der Waals surface area contributed by atoms with Crippen molar-refractivity contribution in [3.8, 4) is 0 Å². The average molecular weight is 236 g/mol. The monoisotopic (exact) mass is 236 g/mol. The van der Waals surface area contributed by atoms with Crippen molar-refractivity contribution in [2.75, 3.05) is 6.54 Å². The summed E-state index contributed by atoms with van der Waals surface area (Å²) in [6, 6.07) is 0.0810. The van der Waals surface area contributed by atoms with Gasteiger partial charge in [0.05, 0.1) is 12.6 Å². The molecule has 0 N–H and O–H groups in total. The second-order valence-electron chi connectivity index (χ2n) is 4.95. The lowest BCUT2D eigenvalue weighted by Gasteiger charge is -2.24. The Kier molecular flexibility index (Phi) is 2.87. The van der Waals surface area contributed by atoms with E-state index in [1.165, 1.54) is 0 Å². The Morgan fingerprint density at radius 1 is 1.35 bits per heavy atom. The predicted molar refractivity (Wildman–Crippen MR) is 61.1 cm³/mol. The summed E-state index contributed by atoms with van der Waals surface area (Å²) < 4.78 is 7.13. The van der Waals surface area contributed by atoms with Gasteiger partial charge in [-0.1, -0.05) is 0 Å². The Morgan fingerprint density at radius 2 is 2.00 bits per heavy atom. The number of hydrogen-bond donors (Lipinski definition) is 0. The van der Waals surface area contributed by atoms with Gasteiger partial charge in [-0.05, 0) is 26.8 Å². The van der Waals surface area contributed by atoms with E-state index in [9.17, 15) is 4.79 Å². The lowest BCUT2D eigenvalue weighted by molar-refractivity contribution is 0.0339. The molecule has 0 aliphatic carbocycles. The summed E-state index contributed by atoms with van der Waals surface area (Å²) in [7, 11) is 0. The summed E-state index contributed by atoms with van der Waals surface area (Å²) in [4.78, 5) is 13.3. The van der Waals surface area contributed by atoms with E-state index in [1.807, 2.05) is 31.4 Å². The molecule has 0 spiro atoms. The van der Waals surface area contributed by atoms with E-state index in [0.29, 0.717) is 6.54 Å². The van der Waals surface area contributed by atoms with Gasteiger partial charge in [-0.3, -0.25) is 4.90 Å². The van der Waals surface area contributed by atoms with Crippen molar-refractivity contribution in [2.24, 2.45) is 0 Å². The second-order valence-corrected chi connectivity index (χ2v) is 4.95. The first-order valence-corrected chi connectivity index (χ1v) is 5.48. The van der Waals surface area contributed by atoms with Gasteiger partial charge in [0, 0.05) is 6.20 Å². The molecule has 0 saturated heterocycles.